The van der Waals surface area contributed by atoms with E-state index in [0.717, 1.165) is 21.1 Å². The number of carbonyl (C=O) groups excluding carboxylic acids is 2. The Labute approximate surface area is 193 Å². The van der Waals surface area contributed by atoms with Crippen molar-refractivity contribution in [2.24, 2.45) is 0 Å². The van der Waals surface area contributed by atoms with Gasteiger partial charge in [-0.15, -0.1) is 11.3 Å². The van der Waals surface area contributed by atoms with Crippen molar-refractivity contribution in [3.05, 3.63) is 63.5 Å². The Morgan fingerprint density at radius 1 is 1.16 bits per heavy atom. The number of nitrogens with zero attached hydrogens (tertiary/aromatic N) is 2. The van der Waals surface area contributed by atoms with Gasteiger partial charge in [-0.05, 0) is 49.9 Å². The van der Waals surface area contributed by atoms with Gasteiger partial charge in [-0.2, -0.15) is 0 Å². The Morgan fingerprint density at radius 3 is 2.47 bits per heavy atom. The summed E-state index contributed by atoms with van der Waals surface area (Å²) in [6.07, 6.45) is -0.0502. The number of rotatable bonds is 6. The summed E-state index contributed by atoms with van der Waals surface area (Å²) >= 11 is 1.64. The summed E-state index contributed by atoms with van der Waals surface area (Å²) in [6.45, 7) is 10.1. The summed E-state index contributed by atoms with van der Waals surface area (Å²) < 4.78 is 5.96. The van der Waals surface area contributed by atoms with Crippen LogP contribution in [0.2, 0.25) is 0 Å². The minimum atomic E-state index is -0.590. The number of benzene rings is 2. The van der Waals surface area contributed by atoms with E-state index in [1.165, 1.54) is 5.56 Å². The maximum absolute atomic E-state index is 13.2. The molecule has 0 spiro atoms. The number of aromatic nitrogens is 1. The molecule has 1 aliphatic rings. The van der Waals surface area contributed by atoms with Gasteiger partial charge in [-0.1, -0.05) is 45.0 Å². The van der Waals surface area contributed by atoms with Crippen molar-refractivity contribution >= 4 is 28.7 Å². The number of ether oxygens (including phenoxy) is 1. The maximum Gasteiger partial charge on any atom is 0.268 e. The predicted octanol–water partition coefficient (Wildman–Crippen LogP) is 5.94. The molecule has 1 atom stereocenters. The van der Waals surface area contributed by atoms with E-state index in [9.17, 15) is 9.59 Å². The SMILES string of the molecule is CCC1Oc2ccc(-c3nc(C)sc3C)cc2N(CC(=O)c2ccc(C(C)C)cc2)C1=O. The molecule has 2 aromatic carbocycles. The van der Waals surface area contributed by atoms with Gasteiger partial charge in [0.2, 0.25) is 0 Å². The highest BCUT2D eigenvalue weighted by Gasteiger charge is 2.35. The van der Waals surface area contributed by atoms with Gasteiger partial charge in [0.25, 0.3) is 5.91 Å². The molecule has 1 unspecified atom stereocenters. The molecule has 32 heavy (non-hydrogen) atoms. The molecule has 0 aliphatic carbocycles. The smallest absolute Gasteiger partial charge is 0.268 e. The van der Waals surface area contributed by atoms with Gasteiger partial charge in [0.05, 0.1) is 22.9 Å². The number of aryl methyl sites for hydroxylation is 2. The minimum absolute atomic E-state index is 0.0226. The summed E-state index contributed by atoms with van der Waals surface area (Å²) in [7, 11) is 0. The van der Waals surface area contributed by atoms with Crippen LogP contribution < -0.4 is 9.64 Å². The van der Waals surface area contributed by atoms with Gasteiger partial charge >= 0.3 is 0 Å². The molecule has 1 aliphatic heterocycles. The first kappa shape index (κ1) is 22.2. The first-order valence-corrected chi connectivity index (χ1v) is 11.8. The standard InChI is InChI=1S/C26H28N2O3S/c1-6-23-26(30)28(14-22(29)19-9-7-18(8-10-19)15(2)3)21-13-20(11-12-24(21)31-23)25-16(4)32-17(5)27-25/h7-13,15,23H,6,14H2,1-5H3. The zero-order chi connectivity index (χ0) is 23.0. The lowest BCUT2D eigenvalue weighted by Gasteiger charge is -2.34. The highest BCUT2D eigenvalue weighted by atomic mass is 32.1. The van der Waals surface area contributed by atoms with Crippen LogP contribution in [0.25, 0.3) is 11.3 Å². The average molecular weight is 449 g/mol. The number of hydrogen-bond donors (Lipinski definition) is 0. The van der Waals surface area contributed by atoms with E-state index in [-0.39, 0.29) is 18.2 Å². The second kappa shape index (κ2) is 8.87. The van der Waals surface area contributed by atoms with Gasteiger partial charge in [0.15, 0.2) is 11.9 Å². The minimum Gasteiger partial charge on any atom is -0.478 e. The maximum atomic E-state index is 13.2. The fourth-order valence-corrected chi connectivity index (χ4v) is 4.82. The van der Waals surface area contributed by atoms with Crippen LogP contribution in [-0.4, -0.2) is 29.3 Å². The first-order chi connectivity index (χ1) is 15.3. The molecule has 4 rings (SSSR count). The van der Waals surface area contributed by atoms with Crippen molar-refractivity contribution in [3.8, 4) is 17.0 Å². The summed E-state index contributed by atoms with van der Waals surface area (Å²) in [5.41, 5.74) is 4.21. The van der Waals surface area contributed by atoms with E-state index >= 15 is 0 Å². The fraction of sp³-hybridized carbons (Fsp3) is 0.346. The van der Waals surface area contributed by atoms with Crippen molar-refractivity contribution in [1.29, 1.82) is 0 Å². The van der Waals surface area contributed by atoms with Crippen LogP contribution in [0, 0.1) is 13.8 Å². The molecule has 3 aromatic rings. The Kier molecular flexibility index (Phi) is 6.15. The number of carbonyl (C=O) groups is 2. The van der Waals surface area contributed by atoms with Gasteiger partial charge in [0, 0.05) is 16.0 Å². The highest BCUT2D eigenvalue weighted by Crippen LogP contribution is 2.39. The summed E-state index contributed by atoms with van der Waals surface area (Å²) in [5, 5.41) is 0.991. The monoisotopic (exact) mass is 448 g/mol. The Hall–Kier alpha value is -2.99. The number of hydrogen-bond acceptors (Lipinski definition) is 5. The number of anilines is 1. The number of fused-ring (bicyclic) bond motifs is 1. The zero-order valence-electron chi connectivity index (χ0n) is 19.1. The van der Waals surface area contributed by atoms with Gasteiger partial charge in [-0.3, -0.25) is 14.5 Å². The molecule has 5 nitrogen and oxygen atoms in total. The summed E-state index contributed by atoms with van der Waals surface area (Å²) in [5.74, 6) is 0.735. The normalized spacial score (nSPS) is 15.6. The molecule has 1 aromatic heterocycles. The van der Waals surface area contributed by atoms with Crippen LogP contribution in [0.3, 0.4) is 0 Å². The first-order valence-electron chi connectivity index (χ1n) is 11.0. The van der Waals surface area contributed by atoms with Crippen LogP contribution in [0.15, 0.2) is 42.5 Å². The predicted molar refractivity (Wildman–Crippen MR) is 129 cm³/mol. The molecule has 0 N–H and O–H groups in total. The number of amides is 1. The lowest BCUT2D eigenvalue weighted by Crippen LogP contribution is -2.47. The summed E-state index contributed by atoms with van der Waals surface area (Å²) in [4.78, 5) is 33.6. The van der Waals surface area contributed by atoms with E-state index in [1.807, 2.05) is 63.2 Å². The average Bonchev–Trinajstić information content (AvgIpc) is 3.12. The van der Waals surface area contributed by atoms with Crippen molar-refractivity contribution in [3.63, 3.8) is 0 Å². The van der Waals surface area contributed by atoms with E-state index in [0.29, 0.717) is 29.3 Å². The quantitative estimate of drug-likeness (QED) is 0.438. The van der Waals surface area contributed by atoms with Crippen molar-refractivity contribution in [2.45, 2.75) is 53.1 Å². The third-order valence-corrected chi connectivity index (χ3v) is 6.70. The number of Topliss-reactive ketones (excluding diaryl/α,β-unsaturated/α-hetero) is 1. The topological polar surface area (TPSA) is 59.5 Å². The van der Waals surface area contributed by atoms with Crippen LogP contribution in [0.5, 0.6) is 5.75 Å². The van der Waals surface area contributed by atoms with Crippen LogP contribution in [0.4, 0.5) is 5.69 Å². The van der Waals surface area contributed by atoms with Gasteiger partial charge in [-0.25, -0.2) is 4.98 Å². The van der Waals surface area contributed by atoms with Crippen molar-refractivity contribution < 1.29 is 14.3 Å². The van der Waals surface area contributed by atoms with Crippen LogP contribution in [0.1, 0.15) is 58.9 Å². The van der Waals surface area contributed by atoms with E-state index in [1.54, 1.807) is 16.2 Å². The van der Waals surface area contributed by atoms with E-state index in [4.69, 9.17) is 4.74 Å². The van der Waals surface area contributed by atoms with Crippen LogP contribution >= 0.6 is 11.3 Å². The molecule has 6 heteroatoms. The number of thiazole rings is 1. The molecule has 0 saturated carbocycles. The van der Waals surface area contributed by atoms with Gasteiger partial charge < -0.3 is 4.74 Å². The Morgan fingerprint density at radius 2 is 1.88 bits per heavy atom. The van der Waals surface area contributed by atoms with Crippen LogP contribution in [-0.2, 0) is 4.79 Å². The molecule has 0 saturated heterocycles. The molecule has 0 radical (unpaired) electrons. The largest absolute Gasteiger partial charge is 0.478 e. The lowest BCUT2D eigenvalue weighted by atomic mass is 10.00. The second-order valence-corrected chi connectivity index (χ2v) is 9.87. The highest BCUT2D eigenvalue weighted by molar-refractivity contribution is 7.11. The lowest BCUT2D eigenvalue weighted by molar-refractivity contribution is -0.126. The van der Waals surface area contributed by atoms with E-state index in [2.05, 4.69) is 18.8 Å². The molecular formula is C26H28N2O3S. The summed E-state index contributed by atoms with van der Waals surface area (Å²) in [6, 6.07) is 13.4. The molecule has 2 heterocycles. The second-order valence-electron chi connectivity index (χ2n) is 8.46. The van der Waals surface area contributed by atoms with E-state index < -0.39 is 6.10 Å². The third kappa shape index (κ3) is 4.19. The van der Waals surface area contributed by atoms with Crippen molar-refractivity contribution in [1.82, 2.24) is 4.98 Å². The Bertz CT molecular complexity index is 1160. The number of ketones is 1. The molecule has 0 bridgehead atoms. The molecule has 0 fully saturated rings. The third-order valence-electron chi connectivity index (χ3n) is 5.81. The van der Waals surface area contributed by atoms with Gasteiger partial charge in [0.1, 0.15) is 5.75 Å². The zero-order valence-corrected chi connectivity index (χ0v) is 20.0. The Balaban J connectivity index is 1.69. The van der Waals surface area contributed by atoms with Crippen molar-refractivity contribution in [2.75, 3.05) is 11.4 Å². The molecular weight excluding hydrogens is 420 g/mol. The molecule has 1 amide bonds. The fourth-order valence-electron chi connectivity index (χ4n) is 3.98. The molecule has 166 valence electrons.